The molecule has 0 fully saturated rings. The maximum atomic E-state index is 13.8. The van der Waals surface area contributed by atoms with Gasteiger partial charge in [0.25, 0.3) is 17.7 Å². The van der Waals surface area contributed by atoms with Crippen LogP contribution in [0, 0.1) is 6.92 Å². The Hall–Kier alpha value is -4.05. The van der Waals surface area contributed by atoms with Crippen LogP contribution in [0.15, 0.2) is 54.6 Å². The molecular weight excluding hydrogens is 559 g/mol. The average molecular weight is 593 g/mol. The van der Waals surface area contributed by atoms with Gasteiger partial charge >= 0.3 is 8.60 Å². The van der Waals surface area contributed by atoms with Crippen molar-refractivity contribution in [2.75, 3.05) is 24.5 Å². The third-order valence-corrected chi connectivity index (χ3v) is 8.02. The molecule has 1 aromatic heterocycles. The first-order chi connectivity index (χ1) is 20.2. The zero-order chi connectivity index (χ0) is 29.8. The number of nitrogens with zero attached hydrogens (tertiary/aromatic N) is 3. The minimum Gasteiger partial charge on any atom is -0.426 e. The summed E-state index contributed by atoms with van der Waals surface area (Å²) in [5, 5.41) is 4.57. The quantitative estimate of drug-likeness (QED) is 0.166. The van der Waals surface area contributed by atoms with Crippen LogP contribution in [0.1, 0.15) is 47.4 Å². The van der Waals surface area contributed by atoms with E-state index in [0.717, 1.165) is 28.5 Å². The van der Waals surface area contributed by atoms with Gasteiger partial charge in [-0.1, -0.05) is 30.7 Å². The number of benzene rings is 2. The Morgan fingerprint density at radius 1 is 0.976 bits per heavy atom. The number of anilines is 1. The molecule has 0 bridgehead atoms. The molecule has 3 aromatic rings. The Kier molecular flexibility index (Phi) is 9.01. The van der Waals surface area contributed by atoms with E-state index in [2.05, 4.69) is 5.32 Å². The highest BCUT2D eigenvalue weighted by molar-refractivity contribution is 7.39. The largest absolute Gasteiger partial charge is 0.426 e. The van der Waals surface area contributed by atoms with Gasteiger partial charge in [0.05, 0.1) is 5.69 Å². The molecule has 4 amide bonds. The Labute approximate surface area is 244 Å². The number of rotatable bonds is 12. The molecule has 0 aliphatic carbocycles. The number of imide groups is 1. The van der Waals surface area contributed by atoms with Crippen molar-refractivity contribution in [2.24, 2.45) is 0 Å². The van der Waals surface area contributed by atoms with Crippen molar-refractivity contribution in [1.82, 2.24) is 14.8 Å². The smallest absolute Gasteiger partial charge is 0.391 e. The minimum absolute atomic E-state index is 0.0942. The van der Waals surface area contributed by atoms with Crippen LogP contribution in [0.2, 0.25) is 0 Å². The van der Waals surface area contributed by atoms with Crippen LogP contribution in [0.5, 0.6) is 5.75 Å². The van der Waals surface area contributed by atoms with Crippen LogP contribution in [0.4, 0.5) is 5.69 Å². The fourth-order valence-electron chi connectivity index (χ4n) is 5.58. The molecule has 0 saturated carbocycles. The maximum Gasteiger partial charge on any atom is 0.391 e. The second-order valence-electron chi connectivity index (χ2n) is 10.3. The van der Waals surface area contributed by atoms with Gasteiger partial charge in [0, 0.05) is 61.9 Å². The van der Waals surface area contributed by atoms with E-state index in [0.29, 0.717) is 69.0 Å². The Morgan fingerprint density at radius 2 is 1.71 bits per heavy atom. The number of hydrogen-bond acceptors (Lipinski definition) is 7. The van der Waals surface area contributed by atoms with Gasteiger partial charge < -0.3 is 29.1 Å². The third-order valence-electron chi connectivity index (χ3n) is 7.66. The van der Waals surface area contributed by atoms with Gasteiger partial charge in [-0.3, -0.25) is 24.1 Å². The Morgan fingerprint density at radius 3 is 2.45 bits per heavy atom. The lowest BCUT2D eigenvalue weighted by Crippen LogP contribution is -2.33. The minimum atomic E-state index is -2.63. The highest BCUT2D eigenvalue weighted by Crippen LogP contribution is 2.43. The molecule has 3 N–H and O–H groups in total. The zero-order valence-electron chi connectivity index (χ0n) is 23.3. The molecule has 2 aliphatic rings. The second kappa shape index (κ2) is 12.9. The van der Waals surface area contributed by atoms with E-state index < -0.39 is 8.60 Å². The van der Waals surface area contributed by atoms with Crippen molar-refractivity contribution in [3.63, 3.8) is 0 Å². The molecular formula is C30H33N4O7P. The van der Waals surface area contributed by atoms with Crippen molar-refractivity contribution in [3.8, 4) is 5.75 Å². The maximum absolute atomic E-state index is 13.8. The van der Waals surface area contributed by atoms with E-state index in [1.165, 1.54) is 17.1 Å². The summed E-state index contributed by atoms with van der Waals surface area (Å²) in [5.41, 5.74) is 3.07. The van der Waals surface area contributed by atoms with Crippen molar-refractivity contribution < 1.29 is 33.5 Å². The summed E-state index contributed by atoms with van der Waals surface area (Å²) in [6.07, 6.45) is 5.54. The number of unbranched alkanes of at least 4 members (excludes halogenated alkanes) is 2. The van der Waals surface area contributed by atoms with Gasteiger partial charge in [0.2, 0.25) is 5.91 Å². The summed E-state index contributed by atoms with van der Waals surface area (Å²) in [5.74, 6) is -0.554. The van der Waals surface area contributed by atoms with Gasteiger partial charge in [-0.2, -0.15) is 0 Å². The SMILES string of the molecule is Cc1ccc(C(=O)N2CCc3c2cc(OP(O)O)c2ccccc32)n1CCNC(=O)CCCCCN1C(=O)C=CC1=O. The van der Waals surface area contributed by atoms with Crippen LogP contribution in [0.3, 0.4) is 0 Å². The first kappa shape index (κ1) is 29.4. The molecule has 3 heterocycles. The van der Waals surface area contributed by atoms with Crippen LogP contribution in [0.25, 0.3) is 10.8 Å². The molecule has 2 aromatic carbocycles. The fraction of sp³-hybridized carbons (Fsp3) is 0.333. The van der Waals surface area contributed by atoms with Gasteiger partial charge in [-0.05, 0) is 49.3 Å². The summed E-state index contributed by atoms with van der Waals surface area (Å²) < 4.78 is 7.21. The van der Waals surface area contributed by atoms with Crippen LogP contribution in [-0.4, -0.2) is 62.5 Å². The monoisotopic (exact) mass is 592 g/mol. The molecule has 0 unspecified atom stereocenters. The summed E-state index contributed by atoms with van der Waals surface area (Å²) in [6.45, 7) is 3.52. The predicted molar refractivity (Wildman–Crippen MR) is 158 cm³/mol. The summed E-state index contributed by atoms with van der Waals surface area (Å²) in [6, 6.07) is 12.9. The van der Waals surface area contributed by atoms with Crippen molar-refractivity contribution in [2.45, 2.75) is 45.6 Å². The number of aromatic nitrogens is 1. The average Bonchev–Trinajstić information content (AvgIpc) is 3.65. The summed E-state index contributed by atoms with van der Waals surface area (Å²) in [4.78, 5) is 71.3. The van der Waals surface area contributed by atoms with E-state index in [9.17, 15) is 29.0 Å². The van der Waals surface area contributed by atoms with Crippen molar-refractivity contribution >= 4 is 48.7 Å². The number of nitrogens with one attached hydrogen (secondary N) is 1. The van der Waals surface area contributed by atoms with Crippen molar-refractivity contribution in [3.05, 3.63) is 71.6 Å². The lowest BCUT2D eigenvalue weighted by atomic mass is 10.0. The van der Waals surface area contributed by atoms with Gasteiger partial charge in [0.15, 0.2) is 0 Å². The molecule has 220 valence electrons. The molecule has 42 heavy (non-hydrogen) atoms. The number of aryl methyl sites for hydroxylation is 1. The van der Waals surface area contributed by atoms with E-state index >= 15 is 0 Å². The number of fused-ring (bicyclic) bond motifs is 3. The van der Waals surface area contributed by atoms with Crippen LogP contribution < -0.4 is 14.7 Å². The van der Waals surface area contributed by atoms with E-state index in [4.69, 9.17) is 4.52 Å². The number of amides is 4. The summed E-state index contributed by atoms with van der Waals surface area (Å²) in [7, 11) is -2.63. The first-order valence-electron chi connectivity index (χ1n) is 13.9. The zero-order valence-corrected chi connectivity index (χ0v) is 24.2. The molecule has 11 nitrogen and oxygen atoms in total. The molecule has 0 saturated heterocycles. The fourth-order valence-corrected chi connectivity index (χ4v) is 5.91. The molecule has 0 radical (unpaired) electrons. The Balaban J connectivity index is 1.17. The highest BCUT2D eigenvalue weighted by Gasteiger charge is 2.30. The highest BCUT2D eigenvalue weighted by atomic mass is 31.2. The lowest BCUT2D eigenvalue weighted by Gasteiger charge is -2.21. The molecule has 12 heteroatoms. The van der Waals surface area contributed by atoms with Crippen LogP contribution >= 0.6 is 8.60 Å². The van der Waals surface area contributed by atoms with Gasteiger partial charge in [-0.25, -0.2) is 0 Å². The lowest BCUT2D eigenvalue weighted by molar-refractivity contribution is -0.137. The summed E-state index contributed by atoms with van der Waals surface area (Å²) >= 11 is 0. The third kappa shape index (κ3) is 6.23. The van der Waals surface area contributed by atoms with E-state index in [-0.39, 0.29) is 23.6 Å². The topological polar surface area (TPSA) is 141 Å². The predicted octanol–water partition coefficient (Wildman–Crippen LogP) is 3.34. The van der Waals surface area contributed by atoms with Crippen molar-refractivity contribution in [1.29, 1.82) is 0 Å². The normalized spacial score (nSPS) is 14.4. The van der Waals surface area contributed by atoms with E-state index in [1.54, 1.807) is 17.0 Å². The molecule has 5 rings (SSSR count). The number of carbonyl (C=O) groups excluding carboxylic acids is 4. The second-order valence-corrected chi connectivity index (χ2v) is 11.0. The first-order valence-corrected chi connectivity index (χ1v) is 15.1. The molecule has 2 aliphatic heterocycles. The van der Waals surface area contributed by atoms with Crippen LogP contribution in [-0.2, 0) is 27.3 Å². The van der Waals surface area contributed by atoms with Gasteiger partial charge in [-0.15, -0.1) is 0 Å². The Bertz CT molecular complexity index is 1550. The standard InChI is InChI=1S/C30H33N4O7P/c1-20-10-11-24(32(20)18-15-31-27(35)9-3-2-6-16-34-28(36)12-13-29(34)37)30(38)33-17-14-22-21-7-4-5-8-23(21)26(19-25(22)33)41-42(39)40/h4-5,7-8,10-13,19,39-40H,2-3,6,9,14-18H2,1H3,(H,31,35). The van der Waals surface area contributed by atoms with Gasteiger partial charge in [0.1, 0.15) is 11.4 Å². The molecule has 0 spiro atoms. The number of hydrogen-bond donors (Lipinski definition) is 3. The number of carbonyl (C=O) groups is 4. The van der Waals surface area contributed by atoms with E-state index in [1.807, 2.05) is 41.8 Å². The molecule has 0 atom stereocenters.